The third-order valence-corrected chi connectivity index (χ3v) is 2.45. The van der Waals surface area contributed by atoms with Gasteiger partial charge in [-0.15, -0.1) is 0 Å². The lowest BCUT2D eigenvalue weighted by Gasteiger charge is -2.18. The van der Waals surface area contributed by atoms with Crippen LogP contribution in [0.15, 0.2) is 18.2 Å². The maximum Gasteiger partial charge on any atom is 0.0705 e. The van der Waals surface area contributed by atoms with E-state index in [1.54, 1.807) is 13.0 Å². The minimum absolute atomic E-state index is 0.409. The van der Waals surface area contributed by atoms with Gasteiger partial charge in [-0.3, -0.25) is 0 Å². The van der Waals surface area contributed by atoms with Gasteiger partial charge in [-0.2, -0.15) is 0 Å². The van der Waals surface area contributed by atoms with Gasteiger partial charge >= 0.3 is 0 Å². The standard InChI is InChI=1S/C10H14ClNO/c1-6-4-3-5-8(11)9(6)10(12)7(2)13/h3-5,7,10,13H,12H2,1-2H3/t7-,10+/m0/s1. The zero-order valence-corrected chi connectivity index (χ0v) is 8.55. The highest BCUT2D eigenvalue weighted by molar-refractivity contribution is 6.31. The number of aliphatic hydroxyl groups is 1. The van der Waals surface area contributed by atoms with Crippen molar-refractivity contribution in [2.45, 2.75) is 26.0 Å². The van der Waals surface area contributed by atoms with Gasteiger partial charge < -0.3 is 10.8 Å². The number of rotatable bonds is 2. The van der Waals surface area contributed by atoms with E-state index < -0.39 is 12.1 Å². The molecule has 0 bridgehead atoms. The first-order valence-electron chi connectivity index (χ1n) is 4.22. The van der Waals surface area contributed by atoms with Crippen LogP contribution in [0.3, 0.4) is 0 Å². The summed E-state index contributed by atoms with van der Waals surface area (Å²) in [5.41, 5.74) is 7.65. The van der Waals surface area contributed by atoms with Crippen molar-refractivity contribution >= 4 is 11.6 Å². The van der Waals surface area contributed by atoms with E-state index in [9.17, 15) is 5.11 Å². The summed E-state index contributed by atoms with van der Waals surface area (Å²) in [6, 6.07) is 5.18. The van der Waals surface area contributed by atoms with Gasteiger partial charge in [0.2, 0.25) is 0 Å². The Bertz CT molecular complexity index is 279. The first-order valence-corrected chi connectivity index (χ1v) is 4.60. The molecule has 1 aromatic rings. The van der Waals surface area contributed by atoms with E-state index in [0.717, 1.165) is 11.1 Å². The molecule has 0 saturated carbocycles. The van der Waals surface area contributed by atoms with Crippen LogP contribution in [0.2, 0.25) is 5.02 Å². The second kappa shape index (κ2) is 4.09. The topological polar surface area (TPSA) is 46.2 Å². The molecule has 72 valence electrons. The van der Waals surface area contributed by atoms with Gasteiger partial charge in [-0.05, 0) is 31.0 Å². The molecule has 0 radical (unpaired) electrons. The molecule has 1 rings (SSSR count). The minimum atomic E-state index is -0.585. The molecule has 0 aliphatic heterocycles. The van der Waals surface area contributed by atoms with Crippen LogP contribution in [0.25, 0.3) is 0 Å². The molecule has 3 heteroatoms. The maximum atomic E-state index is 9.34. The zero-order valence-electron chi connectivity index (χ0n) is 7.79. The van der Waals surface area contributed by atoms with Gasteiger partial charge in [-0.25, -0.2) is 0 Å². The number of hydrogen-bond acceptors (Lipinski definition) is 2. The molecule has 13 heavy (non-hydrogen) atoms. The Balaban J connectivity index is 3.12. The normalized spacial score (nSPS) is 15.5. The monoisotopic (exact) mass is 199 g/mol. The summed E-state index contributed by atoms with van der Waals surface area (Å²) >= 11 is 5.98. The van der Waals surface area contributed by atoms with Gasteiger partial charge in [0.25, 0.3) is 0 Å². The van der Waals surface area contributed by atoms with Crippen molar-refractivity contribution in [3.05, 3.63) is 34.3 Å². The van der Waals surface area contributed by atoms with Crippen LogP contribution >= 0.6 is 11.6 Å². The van der Waals surface area contributed by atoms with Crippen LogP contribution < -0.4 is 5.73 Å². The van der Waals surface area contributed by atoms with Gasteiger partial charge in [0.1, 0.15) is 0 Å². The highest BCUT2D eigenvalue weighted by Gasteiger charge is 2.16. The van der Waals surface area contributed by atoms with Crippen molar-refractivity contribution in [2.75, 3.05) is 0 Å². The summed E-state index contributed by atoms with van der Waals surface area (Å²) in [5, 5.41) is 9.96. The lowest BCUT2D eigenvalue weighted by molar-refractivity contribution is 0.164. The molecule has 2 atom stereocenters. The maximum absolute atomic E-state index is 9.34. The number of nitrogens with two attached hydrogens (primary N) is 1. The molecule has 1 aromatic carbocycles. The van der Waals surface area contributed by atoms with E-state index in [-0.39, 0.29) is 0 Å². The zero-order chi connectivity index (χ0) is 10.0. The average Bonchev–Trinajstić information content (AvgIpc) is 2.03. The first kappa shape index (κ1) is 10.5. The number of hydrogen-bond donors (Lipinski definition) is 2. The second-order valence-corrected chi connectivity index (χ2v) is 3.64. The highest BCUT2D eigenvalue weighted by Crippen LogP contribution is 2.26. The molecule has 0 fully saturated rings. The summed E-state index contributed by atoms with van der Waals surface area (Å²) in [6.45, 7) is 3.59. The van der Waals surface area contributed by atoms with E-state index in [0.29, 0.717) is 5.02 Å². The first-order chi connectivity index (χ1) is 6.04. The Morgan fingerprint density at radius 2 is 2.08 bits per heavy atom. The lowest BCUT2D eigenvalue weighted by Crippen LogP contribution is -2.24. The Labute approximate surface area is 83.3 Å². The van der Waals surface area contributed by atoms with Crippen molar-refractivity contribution in [1.82, 2.24) is 0 Å². The van der Waals surface area contributed by atoms with Crippen molar-refractivity contribution in [1.29, 1.82) is 0 Å². The molecular formula is C10H14ClNO. The fourth-order valence-electron chi connectivity index (χ4n) is 1.31. The van der Waals surface area contributed by atoms with Crippen LogP contribution in [0, 0.1) is 6.92 Å². The Morgan fingerprint density at radius 3 is 2.54 bits per heavy atom. The SMILES string of the molecule is Cc1cccc(Cl)c1[C@H](N)[C@H](C)O. The van der Waals surface area contributed by atoms with Crippen LogP contribution in [-0.2, 0) is 0 Å². The molecule has 0 aliphatic rings. The fraction of sp³-hybridized carbons (Fsp3) is 0.400. The van der Waals surface area contributed by atoms with Crippen LogP contribution in [0.1, 0.15) is 24.1 Å². The fourth-order valence-corrected chi connectivity index (χ4v) is 1.66. The van der Waals surface area contributed by atoms with E-state index >= 15 is 0 Å². The van der Waals surface area contributed by atoms with Gasteiger partial charge in [-0.1, -0.05) is 23.7 Å². The van der Waals surface area contributed by atoms with E-state index in [1.165, 1.54) is 0 Å². The summed E-state index contributed by atoms with van der Waals surface area (Å²) in [6.07, 6.45) is -0.585. The Morgan fingerprint density at radius 1 is 1.46 bits per heavy atom. The molecule has 0 amide bonds. The third kappa shape index (κ3) is 2.21. The average molecular weight is 200 g/mol. The quantitative estimate of drug-likeness (QED) is 0.766. The Hall–Kier alpha value is -0.570. The molecule has 0 aromatic heterocycles. The largest absolute Gasteiger partial charge is 0.391 e. The van der Waals surface area contributed by atoms with Crippen LogP contribution in [-0.4, -0.2) is 11.2 Å². The van der Waals surface area contributed by atoms with Gasteiger partial charge in [0, 0.05) is 5.02 Å². The molecule has 0 heterocycles. The third-order valence-electron chi connectivity index (χ3n) is 2.12. The van der Waals surface area contributed by atoms with Crippen molar-refractivity contribution in [2.24, 2.45) is 5.73 Å². The molecule has 0 unspecified atom stereocenters. The predicted molar refractivity (Wildman–Crippen MR) is 54.8 cm³/mol. The summed E-state index contributed by atoms with van der Waals surface area (Å²) < 4.78 is 0. The second-order valence-electron chi connectivity index (χ2n) is 3.24. The van der Waals surface area contributed by atoms with Crippen molar-refractivity contribution in [3.8, 4) is 0 Å². The smallest absolute Gasteiger partial charge is 0.0705 e. The molecule has 3 N–H and O–H groups in total. The van der Waals surface area contributed by atoms with Crippen LogP contribution in [0.4, 0.5) is 0 Å². The molecule has 0 spiro atoms. The van der Waals surface area contributed by atoms with Crippen molar-refractivity contribution in [3.63, 3.8) is 0 Å². The summed E-state index contributed by atoms with van der Waals surface area (Å²) in [4.78, 5) is 0. The summed E-state index contributed by atoms with van der Waals surface area (Å²) in [7, 11) is 0. The van der Waals surface area contributed by atoms with E-state index in [1.807, 2.05) is 19.1 Å². The molecule has 0 saturated heterocycles. The lowest BCUT2D eigenvalue weighted by atomic mass is 9.98. The van der Waals surface area contributed by atoms with E-state index in [4.69, 9.17) is 17.3 Å². The molecule has 2 nitrogen and oxygen atoms in total. The number of halogens is 1. The van der Waals surface area contributed by atoms with Gasteiger partial charge in [0.05, 0.1) is 12.1 Å². The number of aliphatic hydroxyl groups excluding tert-OH is 1. The van der Waals surface area contributed by atoms with Gasteiger partial charge in [0.15, 0.2) is 0 Å². The predicted octanol–water partition coefficient (Wildman–Crippen LogP) is 2.03. The molecule has 0 aliphatic carbocycles. The number of aryl methyl sites for hydroxylation is 1. The Kier molecular flexibility index (Phi) is 3.31. The summed E-state index contributed by atoms with van der Waals surface area (Å²) in [5.74, 6) is 0. The number of benzene rings is 1. The van der Waals surface area contributed by atoms with Crippen molar-refractivity contribution < 1.29 is 5.11 Å². The van der Waals surface area contributed by atoms with E-state index in [2.05, 4.69) is 0 Å². The van der Waals surface area contributed by atoms with Crippen LogP contribution in [0.5, 0.6) is 0 Å². The minimum Gasteiger partial charge on any atom is -0.391 e. The molecular weight excluding hydrogens is 186 g/mol. The highest BCUT2D eigenvalue weighted by atomic mass is 35.5.